The van der Waals surface area contributed by atoms with Crippen molar-refractivity contribution < 1.29 is 23.1 Å². The zero-order chi connectivity index (χ0) is 21.0. The quantitative estimate of drug-likeness (QED) is 0.594. The molecule has 1 unspecified atom stereocenters. The molecule has 1 aliphatic heterocycles. The lowest BCUT2D eigenvalue weighted by molar-refractivity contribution is -0.136. The van der Waals surface area contributed by atoms with Crippen molar-refractivity contribution >= 4 is 44.5 Å². The largest absolute Gasteiger partial charge is 0.388 e. The van der Waals surface area contributed by atoms with E-state index in [1.165, 1.54) is 15.6 Å². The summed E-state index contributed by atoms with van der Waals surface area (Å²) >= 11 is 1.47. The second-order valence-corrected chi connectivity index (χ2v) is 9.54. The molecule has 0 aliphatic carbocycles. The summed E-state index contributed by atoms with van der Waals surface area (Å²) in [6, 6.07) is 6.79. The molecule has 29 heavy (non-hydrogen) atoms. The summed E-state index contributed by atoms with van der Waals surface area (Å²) in [6.07, 6.45) is 2.21. The van der Waals surface area contributed by atoms with E-state index in [0.717, 1.165) is 30.2 Å². The highest BCUT2D eigenvalue weighted by Crippen LogP contribution is 2.31. The van der Waals surface area contributed by atoms with Gasteiger partial charge in [-0.2, -0.15) is 11.3 Å². The lowest BCUT2D eigenvalue weighted by Gasteiger charge is -2.29. The predicted octanol–water partition coefficient (Wildman–Crippen LogP) is 1.64. The maximum atomic E-state index is 12.1. The van der Waals surface area contributed by atoms with Crippen LogP contribution in [0.5, 0.6) is 0 Å². The molecule has 0 spiro atoms. The molecular formula is C19H23N3O5S2. The number of benzene rings is 1. The zero-order valence-corrected chi connectivity index (χ0v) is 17.6. The van der Waals surface area contributed by atoms with E-state index in [2.05, 4.69) is 10.6 Å². The molecule has 2 aromatic rings. The van der Waals surface area contributed by atoms with Gasteiger partial charge in [-0.1, -0.05) is 6.07 Å². The number of carbonyl (C=O) groups is 2. The number of hydrogen-bond acceptors (Lipinski definition) is 6. The van der Waals surface area contributed by atoms with Crippen LogP contribution in [0, 0.1) is 0 Å². The first-order chi connectivity index (χ1) is 13.8. The van der Waals surface area contributed by atoms with E-state index in [1.54, 1.807) is 24.3 Å². The van der Waals surface area contributed by atoms with Gasteiger partial charge in [-0.3, -0.25) is 13.9 Å². The maximum absolute atomic E-state index is 12.1. The third kappa shape index (κ3) is 5.34. The summed E-state index contributed by atoms with van der Waals surface area (Å²) in [6.45, 7) is 0.533. The van der Waals surface area contributed by atoms with Gasteiger partial charge in [0.05, 0.1) is 18.0 Å². The molecule has 0 saturated carbocycles. The number of thiophene rings is 1. The van der Waals surface area contributed by atoms with E-state index in [9.17, 15) is 23.1 Å². The van der Waals surface area contributed by atoms with Crippen LogP contribution in [0.1, 0.15) is 30.1 Å². The monoisotopic (exact) mass is 437 g/mol. The number of anilines is 2. The average molecular weight is 438 g/mol. The molecule has 1 aliphatic rings. The number of sulfonamides is 1. The minimum atomic E-state index is -3.42. The topological polar surface area (TPSA) is 116 Å². The van der Waals surface area contributed by atoms with Crippen molar-refractivity contribution in [3.63, 3.8) is 0 Å². The van der Waals surface area contributed by atoms with E-state index in [-0.39, 0.29) is 13.0 Å². The number of nitrogens with one attached hydrogen (secondary N) is 2. The van der Waals surface area contributed by atoms with Gasteiger partial charge in [-0.15, -0.1) is 0 Å². The third-order valence-corrected chi connectivity index (χ3v) is 6.54. The summed E-state index contributed by atoms with van der Waals surface area (Å²) < 4.78 is 25.3. The highest BCUT2D eigenvalue weighted by Gasteiger charge is 2.25. The molecule has 0 radical (unpaired) electrons. The van der Waals surface area contributed by atoms with Crippen molar-refractivity contribution in [1.29, 1.82) is 0 Å². The second-order valence-electron chi connectivity index (χ2n) is 6.85. The van der Waals surface area contributed by atoms with Crippen LogP contribution < -0.4 is 14.9 Å². The Bertz CT molecular complexity index is 989. The van der Waals surface area contributed by atoms with Crippen molar-refractivity contribution in [2.75, 3.05) is 29.0 Å². The molecule has 0 fully saturated rings. The van der Waals surface area contributed by atoms with Crippen LogP contribution in [0.2, 0.25) is 0 Å². The first kappa shape index (κ1) is 21.3. The molecule has 8 nitrogen and oxygen atoms in total. The highest BCUT2D eigenvalue weighted by molar-refractivity contribution is 7.92. The zero-order valence-electron chi connectivity index (χ0n) is 15.9. The molecular weight excluding hydrogens is 414 g/mol. The minimum absolute atomic E-state index is 0.148. The molecule has 1 atom stereocenters. The first-order valence-electron chi connectivity index (χ1n) is 9.15. The Hall–Kier alpha value is -2.43. The standard InChI is InChI=1S/C19H23N3O5S2/c1-29(26,27)22-9-2-3-13-4-5-15(11-16(13)22)21-19(25)18(24)20-8-6-17(23)14-7-10-28-12-14/h4-5,7,10-12,17,23H,2-3,6,8-9H2,1H3,(H,20,24)(H,21,25). The van der Waals surface area contributed by atoms with Crippen molar-refractivity contribution in [2.24, 2.45) is 0 Å². The van der Waals surface area contributed by atoms with Crippen molar-refractivity contribution in [2.45, 2.75) is 25.4 Å². The number of nitrogens with zero attached hydrogens (tertiary/aromatic N) is 1. The van der Waals surface area contributed by atoms with Gasteiger partial charge in [-0.25, -0.2) is 8.42 Å². The lowest BCUT2D eigenvalue weighted by atomic mass is 10.0. The van der Waals surface area contributed by atoms with Crippen molar-refractivity contribution in [3.05, 3.63) is 46.2 Å². The summed E-state index contributed by atoms with van der Waals surface area (Å²) in [5, 5.41) is 18.7. The fraction of sp³-hybridized carbons (Fsp3) is 0.368. The SMILES string of the molecule is CS(=O)(=O)N1CCCc2ccc(NC(=O)C(=O)NCCC(O)c3ccsc3)cc21. The Morgan fingerprint density at radius 3 is 2.76 bits per heavy atom. The smallest absolute Gasteiger partial charge is 0.313 e. The van der Waals surface area contributed by atoms with E-state index >= 15 is 0 Å². The number of fused-ring (bicyclic) bond motifs is 1. The number of aryl methyl sites for hydroxylation is 1. The first-order valence-corrected chi connectivity index (χ1v) is 11.9. The molecule has 3 rings (SSSR count). The Kier molecular flexibility index (Phi) is 6.56. The Morgan fingerprint density at radius 1 is 1.28 bits per heavy atom. The fourth-order valence-corrected chi connectivity index (χ4v) is 4.88. The number of rotatable bonds is 6. The van der Waals surface area contributed by atoms with Crippen LogP contribution in [0.25, 0.3) is 0 Å². The Balaban J connectivity index is 1.58. The van der Waals surface area contributed by atoms with E-state index < -0.39 is 27.9 Å². The molecule has 10 heteroatoms. The molecule has 0 saturated heterocycles. The van der Waals surface area contributed by atoms with E-state index in [4.69, 9.17) is 0 Å². The van der Waals surface area contributed by atoms with Gasteiger partial charge < -0.3 is 15.7 Å². The Labute approximate surface area is 173 Å². The number of aliphatic hydroxyl groups excluding tert-OH is 1. The van der Waals surface area contributed by atoms with Gasteiger partial charge in [0.2, 0.25) is 10.0 Å². The number of carbonyl (C=O) groups excluding carboxylic acids is 2. The van der Waals surface area contributed by atoms with Crippen molar-refractivity contribution in [3.8, 4) is 0 Å². The van der Waals surface area contributed by atoms with Crippen LogP contribution in [0.4, 0.5) is 11.4 Å². The second kappa shape index (κ2) is 8.93. The maximum Gasteiger partial charge on any atom is 0.313 e. The van der Waals surface area contributed by atoms with Gasteiger partial charge in [0.25, 0.3) is 0 Å². The third-order valence-electron chi connectivity index (χ3n) is 4.66. The van der Waals surface area contributed by atoms with Crippen LogP contribution in [-0.4, -0.2) is 44.7 Å². The fourth-order valence-electron chi connectivity index (χ4n) is 3.19. The molecule has 2 amide bonds. The Morgan fingerprint density at radius 2 is 2.07 bits per heavy atom. The number of amides is 2. The molecule has 3 N–H and O–H groups in total. The minimum Gasteiger partial charge on any atom is -0.388 e. The summed E-state index contributed by atoms with van der Waals surface area (Å²) in [4.78, 5) is 24.2. The molecule has 1 aromatic heterocycles. The number of aliphatic hydroxyl groups is 1. The van der Waals surface area contributed by atoms with Crippen LogP contribution in [-0.2, 0) is 26.0 Å². The average Bonchev–Trinajstić information content (AvgIpc) is 3.21. The summed E-state index contributed by atoms with van der Waals surface area (Å²) in [5.41, 5.74) is 2.53. The van der Waals surface area contributed by atoms with Gasteiger partial charge in [0.15, 0.2) is 0 Å². The van der Waals surface area contributed by atoms with Crippen molar-refractivity contribution in [1.82, 2.24) is 5.32 Å². The van der Waals surface area contributed by atoms with Gasteiger partial charge in [0.1, 0.15) is 0 Å². The van der Waals surface area contributed by atoms with Crippen LogP contribution in [0.15, 0.2) is 35.0 Å². The predicted molar refractivity (Wildman–Crippen MR) is 112 cm³/mol. The molecule has 156 valence electrons. The number of hydrogen-bond donors (Lipinski definition) is 3. The van der Waals surface area contributed by atoms with E-state index in [0.29, 0.717) is 17.9 Å². The van der Waals surface area contributed by atoms with Gasteiger partial charge in [-0.05, 0) is 59.3 Å². The summed E-state index contributed by atoms with van der Waals surface area (Å²) in [7, 11) is -3.42. The highest BCUT2D eigenvalue weighted by atomic mass is 32.2. The normalized spacial score (nSPS) is 14.8. The summed E-state index contributed by atoms with van der Waals surface area (Å²) in [5.74, 6) is -1.67. The van der Waals surface area contributed by atoms with Crippen LogP contribution in [0.3, 0.4) is 0 Å². The molecule has 0 bridgehead atoms. The van der Waals surface area contributed by atoms with E-state index in [1.807, 2.05) is 10.8 Å². The van der Waals surface area contributed by atoms with Gasteiger partial charge in [0, 0.05) is 18.8 Å². The molecule has 1 aromatic carbocycles. The van der Waals surface area contributed by atoms with Gasteiger partial charge >= 0.3 is 11.8 Å². The molecule has 2 heterocycles. The van der Waals surface area contributed by atoms with Crippen LogP contribution >= 0.6 is 11.3 Å². The lowest BCUT2D eigenvalue weighted by Crippen LogP contribution is -2.37.